The minimum Gasteiger partial charge on any atom is -0.444 e. The summed E-state index contributed by atoms with van der Waals surface area (Å²) in [6.07, 6.45) is 4.54. The van der Waals surface area contributed by atoms with E-state index in [4.69, 9.17) is 11.2 Å². The van der Waals surface area contributed by atoms with Gasteiger partial charge in [-0.2, -0.15) is 0 Å². The molecule has 2 rings (SSSR count). The summed E-state index contributed by atoms with van der Waals surface area (Å²) in [5.41, 5.74) is 1.06. The lowest BCUT2D eigenvalue weighted by Gasteiger charge is -2.33. The van der Waals surface area contributed by atoms with Crippen LogP contribution in [-0.2, 0) is 20.9 Å². The van der Waals surface area contributed by atoms with E-state index >= 15 is 0 Å². The molecule has 9 nitrogen and oxygen atoms in total. The molecule has 4 N–H and O–H groups in total. The number of aliphatic hydroxyl groups is 2. The van der Waals surface area contributed by atoms with Gasteiger partial charge in [0.15, 0.2) is 0 Å². The molecule has 9 heteroatoms. The van der Waals surface area contributed by atoms with Crippen LogP contribution in [0.2, 0.25) is 0 Å². The number of hydrogen-bond donors (Lipinski definition) is 4. The van der Waals surface area contributed by atoms with Gasteiger partial charge < -0.3 is 30.5 Å². The van der Waals surface area contributed by atoms with Gasteiger partial charge in [-0.15, -0.1) is 6.42 Å². The van der Waals surface area contributed by atoms with E-state index in [9.17, 15) is 24.6 Å². The highest BCUT2D eigenvalue weighted by Crippen LogP contribution is 2.23. The molecular formula is C27H33N3O6. The molecular weight excluding hydrogens is 462 g/mol. The van der Waals surface area contributed by atoms with Crippen LogP contribution < -0.4 is 10.6 Å². The van der Waals surface area contributed by atoms with Crippen molar-refractivity contribution in [2.24, 2.45) is 0 Å². The lowest BCUT2D eigenvalue weighted by Crippen LogP contribution is -2.55. The molecule has 0 heterocycles. The van der Waals surface area contributed by atoms with Crippen molar-refractivity contribution in [3.63, 3.8) is 0 Å². The van der Waals surface area contributed by atoms with E-state index in [-0.39, 0.29) is 13.1 Å². The Bertz CT molecular complexity index is 1060. The Hall–Kier alpha value is -3.87. The van der Waals surface area contributed by atoms with Gasteiger partial charge in [0.25, 0.3) is 0 Å². The van der Waals surface area contributed by atoms with E-state index in [0.29, 0.717) is 11.1 Å². The van der Waals surface area contributed by atoms with Crippen LogP contribution in [0, 0.1) is 12.3 Å². The minimum atomic E-state index is -1.40. The molecule has 0 aliphatic heterocycles. The summed E-state index contributed by atoms with van der Waals surface area (Å²) in [5.74, 6) is 1.22. The first-order valence-corrected chi connectivity index (χ1v) is 11.5. The second-order valence-electron chi connectivity index (χ2n) is 9.01. The fourth-order valence-electron chi connectivity index (χ4n) is 3.43. The Labute approximate surface area is 211 Å². The molecule has 3 amide bonds. The van der Waals surface area contributed by atoms with Crippen molar-refractivity contribution in [1.29, 1.82) is 0 Å². The largest absolute Gasteiger partial charge is 0.444 e. The molecule has 36 heavy (non-hydrogen) atoms. The van der Waals surface area contributed by atoms with Crippen LogP contribution in [-0.4, -0.2) is 64.4 Å². The fraction of sp³-hybridized carbons (Fsp3) is 0.370. The van der Waals surface area contributed by atoms with Crippen LogP contribution in [0.15, 0.2) is 54.6 Å². The van der Waals surface area contributed by atoms with E-state index in [1.807, 2.05) is 30.3 Å². The minimum absolute atomic E-state index is 0.208. The van der Waals surface area contributed by atoms with Gasteiger partial charge in [0.1, 0.15) is 17.7 Å². The molecule has 2 atom stereocenters. The van der Waals surface area contributed by atoms with Crippen molar-refractivity contribution in [1.82, 2.24) is 15.5 Å². The van der Waals surface area contributed by atoms with Crippen LogP contribution in [0.5, 0.6) is 0 Å². The number of carbonyl (C=O) groups excluding carboxylic acids is 3. The zero-order chi connectivity index (χ0) is 26.7. The Balaban J connectivity index is 2.37. The second-order valence-corrected chi connectivity index (χ2v) is 9.01. The highest BCUT2D eigenvalue weighted by Gasteiger charge is 2.35. The summed E-state index contributed by atoms with van der Waals surface area (Å²) in [6.45, 7) is 3.76. The number of terminal acetylenes is 1. The van der Waals surface area contributed by atoms with Crippen molar-refractivity contribution >= 4 is 17.9 Å². The summed E-state index contributed by atoms with van der Waals surface area (Å²) in [5, 5.41) is 24.7. The number of alkyl carbamates (subject to hydrolysis) is 1. The van der Waals surface area contributed by atoms with Crippen LogP contribution >= 0.6 is 0 Å². The van der Waals surface area contributed by atoms with E-state index in [1.165, 1.54) is 0 Å². The maximum atomic E-state index is 13.5. The van der Waals surface area contributed by atoms with Gasteiger partial charge in [0.2, 0.25) is 11.8 Å². The molecule has 0 radical (unpaired) electrons. The van der Waals surface area contributed by atoms with Gasteiger partial charge in [-0.25, -0.2) is 4.79 Å². The first-order chi connectivity index (χ1) is 17.1. The van der Waals surface area contributed by atoms with Crippen molar-refractivity contribution in [3.8, 4) is 12.3 Å². The quantitative estimate of drug-likeness (QED) is 0.372. The van der Waals surface area contributed by atoms with E-state index in [2.05, 4.69) is 16.6 Å². The number of nitrogens with one attached hydrogen (secondary N) is 2. The molecule has 0 saturated carbocycles. The van der Waals surface area contributed by atoms with Crippen LogP contribution in [0.25, 0.3) is 0 Å². The third-order valence-corrected chi connectivity index (χ3v) is 5.06. The predicted molar refractivity (Wildman–Crippen MR) is 134 cm³/mol. The standard InChI is InChI=1S/C27H33N3O6/c1-5-19-11-13-21(14-12-19)23(24(33)28-17-20-9-7-6-8-10-20)30(15-16-31)25(34)22(18-32)29-26(35)36-27(2,3)4/h1,6-14,22-23,31-32H,15-18H2,2-4H3,(H,28,33)(H,29,35). The number of hydrogen-bond acceptors (Lipinski definition) is 6. The topological polar surface area (TPSA) is 128 Å². The summed E-state index contributed by atoms with van der Waals surface area (Å²) in [7, 11) is 0. The Morgan fingerprint density at radius 1 is 1.06 bits per heavy atom. The maximum Gasteiger partial charge on any atom is 0.408 e. The summed E-state index contributed by atoms with van der Waals surface area (Å²) >= 11 is 0. The lowest BCUT2D eigenvalue weighted by atomic mass is 10.0. The van der Waals surface area contributed by atoms with E-state index in [0.717, 1.165) is 10.5 Å². The smallest absolute Gasteiger partial charge is 0.408 e. The monoisotopic (exact) mass is 495 g/mol. The number of carbonyl (C=O) groups is 3. The number of ether oxygens (including phenoxy) is 1. The van der Waals surface area contributed by atoms with E-state index < -0.39 is 48.8 Å². The third-order valence-electron chi connectivity index (χ3n) is 5.06. The highest BCUT2D eigenvalue weighted by molar-refractivity contribution is 5.92. The van der Waals surface area contributed by atoms with Gasteiger partial charge in [0, 0.05) is 18.7 Å². The molecule has 0 fully saturated rings. The molecule has 0 bridgehead atoms. The maximum absolute atomic E-state index is 13.5. The highest BCUT2D eigenvalue weighted by atomic mass is 16.6. The zero-order valence-electron chi connectivity index (χ0n) is 20.7. The number of amides is 3. The SMILES string of the molecule is C#Cc1ccc(C(C(=O)NCc2ccccc2)N(CCO)C(=O)C(CO)NC(=O)OC(C)(C)C)cc1. The van der Waals surface area contributed by atoms with Crippen molar-refractivity contribution in [2.45, 2.75) is 45.0 Å². The third kappa shape index (κ3) is 8.41. The normalized spacial score (nSPS) is 12.6. The first kappa shape index (κ1) is 28.4. The molecule has 2 aromatic carbocycles. The van der Waals surface area contributed by atoms with Crippen molar-refractivity contribution < 1.29 is 29.3 Å². The molecule has 0 spiro atoms. The Kier molecular flexibility index (Phi) is 10.5. The van der Waals surface area contributed by atoms with Crippen molar-refractivity contribution in [3.05, 3.63) is 71.3 Å². The molecule has 2 aromatic rings. The molecule has 2 unspecified atom stereocenters. The summed E-state index contributed by atoms with van der Waals surface area (Å²) in [6, 6.07) is 13.2. The van der Waals surface area contributed by atoms with Crippen LogP contribution in [0.4, 0.5) is 4.79 Å². The molecule has 0 aliphatic rings. The number of aliphatic hydroxyl groups excluding tert-OH is 2. The van der Waals surface area contributed by atoms with Gasteiger partial charge in [0.05, 0.1) is 13.2 Å². The van der Waals surface area contributed by atoms with Crippen molar-refractivity contribution in [2.75, 3.05) is 19.8 Å². The van der Waals surface area contributed by atoms with Gasteiger partial charge in [-0.05, 0) is 44.0 Å². The van der Waals surface area contributed by atoms with Gasteiger partial charge >= 0.3 is 6.09 Å². The Morgan fingerprint density at radius 2 is 1.69 bits per heavy atom. The second kappa shape index (κ2) is 13.3. The summed E-state index contributed by atoms with van der Waals surface area (Å²) in [4.78, 5) is 40.2. The molecule has 192 valence electrons. The van der Waals surface area contributed by atoms with Crippen LogP contribution in [0.1, 0.15) is 43.5 Å². The molecule has 0 aliphatic carbocycles. The lowest BCUT2D eigenvalue weighted by molar-refractivity contribution is -0.143. The Morgan fingerprint density at radius 3 is 2.22 bits per heavy atom. The average Bonchev–Trinajstić information content (AvgIpc) is 2.85. The predicted octanol–water partition coefficient (Wildman–Crippen LogP) is 1.73. The number of benzene rings is 2. The van der Waals surface area contributed by atoms with Gasteiger partial charge in [-0.3, -0.25) is 9.59 Å². The molecule has 0 saturated heterocycles. The molecule has 0 aromatic heterocycles. The summed E-state index contributed by atoms with van der Waals surface area (Å²) < 4.78 is 5.19. The fourth-order valence-corrected chi connectivity index (χ4v) is 3.43. The zero-order valence-corrected chi connectivity index (χ0v) is 20.7. The average molecular weight is 496 g/mol. The number of rotatable bonds is 10. The van der Waals surface area contributed by atoms with E-state index in [1.54, 1.807) is 45.0 Å². The number of nitrogens with zero attached hydrogens (tertiary/aromatic N) is 1. The van der Waals surface area contributed by atoms with Gasteiger partial charge in [-0.1, -0.05) is 48.4 Å². The first-order valence-electron chi connectivity index (χ1n) is 11.5. The van der Waals surface area contributed by atoms with Crippen LogP contribution in [0.3, 0.4) is 0 Å².